The van der Waals surface area contributed by atoms with Gasteiger partial charge in [-0.25, -0.2) is 0 Å². The topological polar surface area (TPSA) is 42.0 Å². The normalized spacial score (nSPS) is 25.5. The van der Waals surface area contributed by atoms with Gasteiger partial charge in [0.05, 0.1) is 32.0 Å². The van der Waals surface area contributed by atoms with E-state index in [1.807, 2.05) is 48.2 Å². The molecule has 5 heteroatoms. The van der Waals surface area contributed by atoms with Crippen LogP contribution in [0, 0.1) is 5.92 Å². The number of hydrogen-bond acceptors (Lipinski definition) is 4. The van der Waals surface area contributed by atoms with Crippen molar-refractivity contribution in [2.24, 2.45) is 5.92 Å². The highest BCUT2D eigenvalue weighted by molar-refractivity contribution is 5.95. The van der Waals surface area contributed by atoms with Crippen LogP contribution in [0.5, 0.6) is 0 Å². The number of morpholine rings is 1. The van der Waals surface area contributed by atoms with Gasteiger partial charge in [0, 0.05) is 37.8 Å². The van der Waals surface area contributed by atoms with Crippen molar-refractivity contribution >= 4 is 11.6 Å². The molecule has 2 fully saturated rings. The summed E-state index contributed by atoms with van der Waals surface area (Å²) < 4.78 is 11.6. The second-order valence-electron chi connectivity index (χ2n) is 7.01. The molecule has 0 aromatic heterocycles. The third kappa shape index (κ3) is 3.88. The third-order valence-corrected chi connectivity index (χ3v) is 5.18. The Kier molecular flexibility index (Phi) is 5.76. The first-order valence-corrected chi connectivity index (χ1v) is 9.00. The third-order valence-electron chi connectivity index (χ3n) is 5.18. The van der Waals surface area contributed by atoms with Crippen LogP contribution >= 0.6 is 0 Å². The van der Waals surface area contributed by atoms with Crippen LogP contribution in [0.3, 0.4) is 0 Å². The van der Waals surface area contributed by atoms with Gasteiger partial charge in [-0.15, -0.1) is 6.58 Å². The minimum absolute atomic E-state index is 0.0866. The molecule has 2 aliphatic rings. The van der Waals surface area contributed by atoms with E-state index >= 15 is 0 Å². The van der Waals surface area contributed by atoms with Crippen LogP contribution in [0.1, 0.15) is 23.2 Å². The van der Waals surface area contributed by atoms with E-state index in [4.69, 9.17) is 9.47 Å². The molecule has 25 heavy (non-hydrogen) atoms. The second-order valence-corrected chi connectivity index (χ2v) is 7.01. The van der Waals surface area contributed by atoms with E-state index in [2.05, 4.69) is 6.58 Å². The van der Waals surface area contributed by atoms with Crippen molar-refractivity contribution in [1.29, 1.82) is 0 Å². The molecule has 0 bridgehead atoms. The van der Waals surface area contributed by atoms with Gasteiger partial charge >= 0.3 is 0 Å². The fourth-order valence-corrected chi connectivity index (χ4v) is 3.86. The van der Waals surface area contributed by atoms with Crippen LogP contribution in [-0.4, -0.2) is 63.4 Å². The van der Waals surface area contributed by atoms with E-state index in [1.54, 1.807) is 6.08 Å². The van der Waals surface area contributed by atoms with Gasteiger partial charge in [-0.05, 0) is 37.1 Å². The van der Waals surface area contributed by atoms with Crippen LogP contribution in [-0.2, 0) is 9.47 Å². The highest BCUT2D eigenvalue weighted by Gasteiger charge is 2.44. The lowest BCUT2D eigenvalue weighted by Crippen LogP contribution is -2.53. The summed E-state index contributed by atoms with van der Waals surface area (Å²) in [6.07, 6.45) is 3.87. The van der Waals surface area contributed by atoms with Crippen molar-refractivity contribution in [3.8, 4) is 0 Å². The van der Waals surface area contributed by atoms with Crippen LogP contribution in [0.2, 0.25) is 0 Å². The van der Waals surface area contributed by atoms with Crippen molar-refractivity contribution in [3.05, 3.63) is 42.5 Å². The number of fused-ring (bicyclic) bond motifs is 1. The predicted molar refractivity (Wildman–Crippen MR) is 99.1 cm³/mol. The van der Waals surface area contributed by atoms with Gasteiger partial charge < -0.3 is 19.3 Å². The zero-order valence-corrected chi connectivity index (χ0v) is 15.2. The van der Waals surface area contributed by atoms with Gasteiger partial charge in [0.2, 0.25) is 0 Å². The summed E-state index contributed by atoms with van der Waals surface area (Å²) in [5.41, 5.74) is 1.84. The van der Waals surface area contributed by atoms with E-state index in [0.29, 0.717) is 32.3 Å². The molecule has 1 heterocycles. The molecule has 1 aromatic rings. The zero-order chi connectivity index (χ0) is 17.8. The van der Waals surface area contributed by atoms with Crippen LogP contribution in [0.25, 0.3) is 0 Å². The summed E-state index contributed by atoms with van der Waals surface area (Å²) in [6.45, 7) is 6.18. The molecule has 1 aliphatic heterocycles. The van der Waals surface area contributed by atoms with E-state index in [-0.39, 0.29) is 18.1 Å². The van der Waals surface area contributed by atoms with Gasteiger partial charge in [-0.2, -0.15) is 0 Å². The summed E-state index contributed by atoms with van der Waals surface area (Å²) >= 11 is 0. The quantitative estimate of drug-likeness (QED) is 0.588. The Bertz CT molecular complexity index is 599. The Morgan fingerprint density at radius 2 is 2.12 bits per heavy atom. The monoisotopic (exact) mass is 344 g/mol. The average Bonchev–Trinajstić information content (AvgIpc) is 3.05. The summed E-state index contributed by atoms with van der Waals surface area (Å²) in [5.74, 6) is 0.466. The van der Waals surface area contributed by atoms with E-state index in [0.717, 1.165) is 24.1 Å². The molecule has 3 atom stereocenters. The van der Waals surface area contributed by atoms with Crippen LogP contribution in [0.4, 0.5) is 5.69 Å². The Labute approximate surface area is 150 Å². The maximum absolute atomic E-state index is 13.0. The molecular weight excluding hydrogens is 316 g/mol. The molecule has 1 aromatic carbocycles. The van der Waals surface area contributed by atoms with Crippen molar-refractivity contribution in [3.63, 3.8) is 0 Å². The summed E-state index contributed by atoms with van der Waals surface area (Å²) in [4.78, 5) is 17.0. The van der Waals surface area contributed by atoms with Gasteiger partial charge in [0.15, 0.2) is 0 Å². The fraction of sp³-hybridized carbons (Fsp3) is 0.550. The van der Waals surface area contributed by atoms with Crippen molar-refractivity contribution in [2.75, 3.05) is 45.4 Å². The minimum Gasteiger partial charge on any atom is -0.378 e. The first kappa shape index (κ1) is 18.0. The second kappa shape index (κ2) is 8.02. The molecule has 3 rings (SSSR count). The van der Waals surface area contributed by atoms with Crippen LogP contribution in [0.15, 0.2) is 36.9 Å². The molecule has 0 unspecified atom stereocenters. The van der Waals surface area contributed by atoms with Crippen LogP contribution < -0.4 is 4.90 Å². The fourth-order valence-electron chi connectivity index (χ4n) is 3.86. The number of ether oxygens (including phenoxy) is 2. The molecule has 5 nitrogen and oxygen atoms in total. The molecule has 0 radical (unpaired) electrons. The first-order valence-electron chi connectivity index (χ1n) is 9.00. The van der Waals surface area contributed by atoms with Crippen molar-refractivity contribution in [1.82, 2.24) is 4.90 Å². The summed E-state index contributed by atoms with van der Waals surface area (Å²) in [6, 6.07) is 7.98. The van der Waals surface area contributed by atoms with Gasteiger partial charge in [-0.3, -0.25) is 4.79 Å². The highest BCUT2D eigenvalue weighted by Crippen LogP contribution is 2.35. The number of nitrogens with zero attached hydrogens (tertiary/aromatic N) is 2. The smallest absolute Gasteiger partial charge is 0.254 e. The Hall–Kier alpha value is -1.85. The molecule has 0 spiro atoms. The Balaban J connectivity index is 1.67. The standard InChI is InChI=1S/C20H28N2O3/c1-4-12-24-14-16-7-10-18-19(16)25-13-11-22(18)20(23)15-5-8-17(9-6-15)21(2)3/h4-6,8-9,16,18-19H,1,7,10-14H2,2-3H3/t16-,18+,19-/m0/s1. The van der Waals surface area contributed by atoms with Gasteiger partial charge in [-0.1, -0.05) is 6.08 Å². The molecular formula is C20H28N2O3. The molecule has 1 saturated carbocycles. The number of carbonyl (C=O) groups is 1. The molecule has 1 amide bonds. The number of anilines is 1. The van der Waals surface area contributed by atoms with Gasteiger partial charge in [0.25, 0.3) is 5.91 Å². The number of benzene rings is 1. The molecule has 136 valence electrons. The lowest BCUT2D eigenvalue weighted by molar-refractivity contribution is -0.0738. The van der Waals surface area contributed by atoms with Gasteiger partial charge in [0.1, 0.15) is 0 Å². The van der Waals surface area contributed by atoms with E-state index < -0.39 is 0 Å². The molecule has 1 saturated heterocycles. The summed E-state index contributed by atoms with van der Waals surface area (Å²) in [7, 11) is 3.99. The lowest BCUT2D eigenvalue weighted by Gasteiger charge is -2.39. The minimum atomic E-state index is 0.0866. The lowest BCUT2D eigenvalue weighted by atomic mass is 10.0. The number of hydrogen-bond donors (Lipinski definition) is 0. The van der Waals surface area contributed by atoms with E-state index in [1.165, 1.54) is 0 Å². The SMILES string of the molecule is C=CCOC[C@@H]1CC[C@@H]2[C@H]1OCCN2C(=O)c1ccc(N(C)C)cc1. The predicted octanol–water partition coefficient (Wildman–Crippen LogP) is 2.57. The Morgan fingerprint density at radius 1 is 1.36 bits per heavy atom. The van der Waals surface area contributed by atoms with Crippen molar-refractivity contribution < 1.29 is 14.3 Å². The number of amides is 1. The average molecular weight is 344 g/mol. The first-order chi connectivity index (χ1) is 12.1. The zero-order valence-electron chi connectivity index (χ0n) is 15.2. The van der Waals surface area contributed by atoms with Crippen molar-refractivity contribution in [2.45, 2.75) is 25.0 Å². The Morgan fingerprint density at radius 3 is 2.80 bits per heavy atom. The molecule has 1 aliphatic carbocycles. The maximum atomic E-state index is 13.0. The molecule has 0 N–H and O–H groups in total. The van der Waals surface area contributed by atoms with E-state index in [9.17, 15) is 4.79 Å². The summed E-state index contributed by atoms with van der Waals surface area (Å²) in [5, 5.41) is 0. The number of carbonyl (C=O) groups excluding carboxylic acids is 1. The number of rotatable bonds is 6. The highest BCUT2D eigenvalue weighted by atomic mass is 16.5. The largest absolute Gasteiger partial charge is 0.378 e. The maximum Gasteiger partial charge on any atom is 0.254 e.